The minimum atomic E-state index is -0.191. The molecule has 0 aliphatic rings. The Morgan fingerprint density at radius 3 is 2.53 bits per heavy atom. The summed E-state index contributed by atoms with van der Waals surface area (Å²) in [5, 5.41) is 0. The van der Waals surface area contributed by atoms with Gasteiger partial charge in [0.1, 0.15) is 5.82 Å². The van der Waals surface area contributed by atoms with E-state index >= 15 is 0 Å². The monoisotopic (exact) mass is 209 g/mol. The number of hydrogen-bond donors (Lipinski definition) is 1. The smallest absolute Gasteiger partial charge is 0.123 e. The first-order valence-electron chi connectivity index (χ1n) is 5.57. The van der Waals surface area contributed by atoms with Crippen LogP contribution in [0.15, 0.2) is 18.2 Å². The van der Waals surface area contributed by atoms with Gasteiger partial charge in [0, 0.05) is 6.04 Å². The molecule has 0 fully saturated rings. The molecule has 0 aromatic heterocycles. The maximum absolute atomic E-state index is 13.2. The summed E-state index contributed by atoms with van der Waals surface area (Å²) in [5.41, 5.74) is 7.94. The Labute approximate surface area is 91.5 Å². The molecular formula is C13H20FN. The molecule has 2 N–H and O–H groups in total. The Hall–Kier alpha value is -0.890. The Bertz CT molecular complexity index is 302. The molecule has 1 aromatic carbocycles. The van der Waals surface area contributed by atoms with Gasteiger partial charge < -0.3 is 5.73 Å². The van der Waals surface area contributed by atoms with Crippen LogP contribution < -0.4 is 5.73 Å². The molecule has 84 valence electrons. The molecule has 0 aliphatic carbocycles. The molecule has 1 rings (SSSR count). The number of rotatable bonds is 4. The second-order valence-corrected chi connectivity index (χ2v) is 4.35. The molecule has 2 atom stereocenters. The highest BCUT2D eigenvalue weighted by Crippen LogP contribution is 2.24. The number of aryl methyl sites for hydroxylation is 1. The Morgan fingerprint density at radius 1 is 1.33 bits per heavy atom. The summed E-state index contributed by atoms with van der Waals surface area (Å²) >= 11 is 0. The van der Waals surface area contributed by atoms with E-state index in [1.54, 1.807) is 6.07 Å². The molecule has 0 bridgehead atoms. The van der Waals surface area contributed by atoms with Gasteiger partial charge in [-0.15, -0.1) is 0 Å². The Kier molecular flexibility index (Phi) is 4.28. The van der Waals surface area contributed by atoms with Gasteiger partial charge in [-0.25, -0.2) is 4.39 Å². The average molecular weight is 209 g/mol. The van der Waals surface area contributed by atoms with Crippen molar-refractivity contribution in [1.82, 2.24) is 0 Å². The van der Waals surface area contributed by atoms with Gasteiger partial charge >= 0.3 is 0 Å². The third-order valence-corrected chi connectivity index (χ3v) is 2.81. The lowest BCUT2D eigenvalue weighted by molar-refractivity contribution is 0.432. The van der Waals surface area contributed by atoms with Gasteiger partial charge in [0.05, 0.1) is 0 Å². The van der Waals surface area contributed by atoms with E-state index < -0.39 is 0 Å². The van der Waals surface area contributed by atoms with E-state index in [9.17, 15) is 4.39 Å². The van der Waals surface area contributed by atoms with E-state index in [-0.39, 0.29) is 11.9 Å². The molecule has 1 aromatic rings. The quantitative estimate of drug-likeness (QED) is 0.806. The zero-order valence-electron chi connectivity index (χ0n) is 9.76. The van der Waals surface area contributed by atoms with Crippen molar-refractivity contribution in [3.8, 4) is 0 Å². The second kappa shape index (κ2) is 5.26. The summed E-state index contributed by atoms with van der Waals surface area (Å²) in [6.45, 7) is 6.15. The fraction of sp³-hybridized carbons (Fsp3) is 0.538. The van der Waals surface area contributed by atoms with Crippen LogP contribution in [0.5, 0.6) is 0 Å². The fourth-order valence-corrected chi connectivity index (χ4v) is 1.92. The Balaban J connectivity index is 2.85. The van der Waals surface area contributed by atoms with Crippen molar-refractivity contribution in [2.24, 2.45) is 11.7 Å². The van der Waals surface area contributed by atoms with Crippen molar-refractivity contribution < 1.29 is 4.39 Å². The fourth-order valence-electron chi connectivity index (χ4n) is 1.92. The molecule has 0 radical (unpaired) electrons. The van der Waals surface area contributed by atoms with Crippen LogP contribution in [0.3, 0.4) is 0 Å². The van der Waals surface area contributed by atoms with Gasteiger partial charge in [-0.1, -0.05) is 26.3 Å². The number of nitrogens with two attached hydrogens (primary N) is 1. The molecular weight excluding hydrogens is 189 g/mol. The summed E-state index contributed by atoms with van der Waals surface area (Å²) in [4.78, 5) is 0. The predicted octanol–water partition coefficient (Wildman–Crippen LogP) is 3.57. The molecule has 2 unspecified atom stereocenters. The lowest BCUT2D eigenvalue weighted by atomic mass is 9.91. The van der Waals surface area contributed by atoms with Crippen LogP contribution in [0.1, 0.15) is 43.9 Å². The van der Waals surface area contributed by atoms with Gasteiger partial charge in [0.25, 0.3) is 0 Å². The van der Waals surface area contributed by atoms with Crippen LogP contribution in [0.4, 0.5) is 4.39 Å². The van der Waals surface area contributed by atoms with Crippen LogP contribution in [-0.4, -0.2) is 0 Å². The van der Waals surface area contributed by atoms with Crippen molar-refractivity contribution in [2.45, 2.75) is 39.7 Å². The highest BCUT2D eigenvalue weighted by molar-refractivity contribution is 5.26. The van der Waals surface area contributed by atoms with Crippen LogP contribution in [0.2, 0.25) is 0 Å². The van der Waals surface area contributed by atoms with Crippen LogP contribution in [0.25, 0.3) is 0 Å². The minimum absolute atomic E-state index is 0.0562. The number of benzene rings is 1. The van der Waals surface area contributed by atoms with Gasteiger partial charge in [0.15, 0.2) is 0 Å². The molecule has 0 heterocycles. The first kappa shape index (κ1) is 12.2. The van der Waals surface area contributed by atoms with Crippen LogP contribution in [0, 0.1) is 18.7 Å². The minimum Gasteiger partial charge on any atom is -0.324 e. The normalized spacial score (nSPS) is 15.0. The molecule has 1 nitrogen and oxygen atoms in total. The average Bonchev–Trinajstić information content (AvgIpc) is 2.15. The molecule has 0 saturated carbocycles. The van der Waals surface area contributed by atoms with Crippen molar-refractivity contribution in [1.29, 1.82) is 0 Å². The molecule has 0 saturated heterocycles. The lowest BCUT2D eigenvalue weighted by Crippen LogP contribution is -2.19. The maximum atomic E-state index is 13.2. The first-order chi connectivity index (χ1) is 7.04. The Morgan fingerprint density at radius 2 is 2.00 bits per heavy atom. The van der Waals surface area contributed by atoms with Gasteiger partial charge in [0.2, 0.25) is 0 Å². The number of halogens is 1. The van der Waals surface area contributed by atoms with E-state index in [1.165, 1.54) is 6.07 Å². The molecule has 15 heavy (non-hydrogen) atoms. The summed E-state index contributed by atoms with van der Waals surface area (Å²) in [5.74, 6) is 0.209. The molecule has 0 spiro atoms. The largest absolute Gasteiger partial charge is 0.324 e. The van der Waals surface area contributed by atoms with E-state index in [0.717, 1.165) is 24.0 Å². The zero-order chi connectivity index (χ0) is 11.4. The van der Waals surface area contributed by atoms with E-state index in [0.29, 0.717) is 5.92 Å². The predicted molar refractivity (Wildman–Crippen MR) is 62.1 cm³/mol. The van der Waals surface area contributed by atoms with Crippen molar-refractivity contribution in [3.63, 3.8) is 0 Å². The van der Waals surface area contributed by atoms with Crippen molar-refractivity contribution in [2.75, 3.05) is 0 Å². The van der Waals surface area contributed by atoms with Crippen LogP contribution in [-0.2, 0) is 0 Å². The molecule has 0 aliphatic heterocycles. The van der Waals surface area contributed by atoms with Gasteiger partial charge in [-0.05, 0) is 42.5 Å². The van der Waals surface area contributed by atoms with Crippen molar-refractivity contribution in [3.05, 3.63) is 35.1 Å². The standard InChI is InChI=1S/C13H20FN/c1-4-5-10(3)13(15)11-6-9(2)7-12(14)8-11/h6-8,10,13H,4-5,15H2,1-3H3. The van der Waals surface area contributed by atoms with Crippen LogP contribution >= 0.6 is 0 Å². The third-order valence-electron chi connectivity index (χ3n) is 2.81. The number of hydrogen-bond acceptors (Lipinski definition) is 1. The first-order valence-corrected chi connectivity index (χ1v) is 5.57. The van der Waals surface area contributed by atoms with E-state index in [1.807, 2.05) is 13.0 Å². The molecule has 0 amide bonds. The summed E-state index contributed by atoms with van der Waals surface area (Å²) in [6.07, 6.45) is 2.19. The zero-order valence-corrected chi connectivity index (χ0v) is 9.76. The second-order valence-electron chi connectivity index (χ2n) is 4.35. The van der Waals surface area contributed by atoms with Gasteiger partial charge in [-0.2, -0.15) is 0 Å². The van der Waals surface area contributed by atoms with E-state index in [2.05, 4.69) is 13.8 Å². The third kappa shape index (κ3) is 3.31. The highest BCUT2D eigenvalue weighted by Gasteiger charge is 2.14. The van der Waals surface area contributed by atoms with E-state index in [4.69, 9.17) is 5.73 Å². The maximum Gasteiger partial charge on any atom is 0.123 e. The topological polar surface area (TPSA) is 26.0 Å². The van der Waals surface area contributed by atoms with Gasteiger partial charge in [-0.3, -0.25) is 0 Å². The highest BCUT2D eigenvalue weighted by atomic mass is 19.1. The summed E-state index contributed by atoms with van der Waals surface area (Å²) in [7, 11) is 0. The van der Waals surface area contributed by atoms with Crippen molar-refractivity contribution >= 4 is 0 Å². The molecule has 2 heteroatoms. The SMILES string of the molecule is CCCC(C)C(N)c1cc(C)cc(F)c1. The summed E-state index contributed by atoms with van der Waals surface area (Å²) < 4.78 is 13.2. The summed E-state index contributed by atoms with van der Waals surface area (Å²) in [6, 6.07) is 4.99. The lowest BCUT2D eigenvalue weighted by Gasteiger charge is -2.20.